The number of amides is 2. The van der Waals surface area contributed by atoms with Gasteiger partial charge in [-0.1, -0.05) is 90.2 Å². The third kappa shape index (κ3) is 19.4. The quantitative estimate of drug-likeness (QED) is 0.0401. The Balaban J connectivity index is 0.000000274. The van der Waals surface area contributed by atoms with Crippen molar-refractivity contribution < 1.29 is 35.9 Å². The molecule has 2 aromatic heterocycles. The van der Waals surface area contributed by atoms with Gasteiger partial charge < -0.3 is 30.7 Å². The van der Waals surface area contributed by atoms with E-state index in [1.807, 2.05) is 0 Å². The molecule has 0 bridgehead atoms. The van der Waals surface area contributed by atoms with Crippen molar-refractivity contribution in [2.45, 2.75) is 163 Å². The van der Waals surface area contributed by atoms with Crippen molar-refractivity contribution in [1.29, 1.82) is 0 Å². The van der Waals surface area contributed by atoms with Crippen molar-refractivity contribution in [2.24, 2.45) is 0 Å². The maximum Gasteiger partial charge on any atom is 0.252 e. The zero-order valence-corrected chi connectivity index (χ0v) is 46.5. The van der Waals surface area contributed by atoms with Crippen LogP contribution in [0, 0.1) is 0 Å². The summed E-state index contributed by atoms with van der Waals surface area (Å²) in [7, 11) is -3.94. The number of methoxy groups -OCH3 is 2. The summed E-state index contributed by atoms with van der Waals surface area (Å²) in [6, 6.07) is 21.5. The maximum atomic E-state index is 13.4. The van der Waals surface area contributed by atoms with Crippen LogP contribution in [0.1, 0.15) is 160 Å². The number of hydrogen-bond donors (Lipinski definition) is 4. The van der Waals surface area contributed by atoms with Gasteiger partial charge in [0, 0.05) is 59.1 Å². The zero-order chi connectivity index (χ0) is 51.6. The average Bonchev–Trinajstić information content (AvgIpc) is 3.95. The van der Waals surface area contributed by atoms with Gasteiger partial charge >= 0.3 is 0 Å². The molecular weight excluding hydrogens is 989 g/mol. The third-order valence-electron chi connectivity index (χ3n) is 13.3. The van der Waals surface area contributed by atoms with Crippen LogP contribution in [0.2, 0.25) is 0 Å². The van der Waals surface area contributed by atoms with Gasteiger partial charge in [0.25, 0.3) is 31.9 Å². The van der Waals surface area contributed by atoms with Crippen molar-refractivity contribution in [1.82, 2.24) is 29.9 Å². The number of nitrogens with one attached hydrogen (secondary N) is 4. The summed E-state index contributed by atoms with van der Waals surface area (Å²) in [6.45, 7) is 9.17. The lowest BCUT2D eigenvalue weighted by Gasteiger charge is -2.19. The van der Waals surface area contributed by atoms with E-state index in [0.29, 0.717) is 69.3 Å². The van der Waals surface area contributed by atoms with E-state index >= 15 is 0 Å². The second kappa shape index (κ2) is 31.8. The fourth-order valence-corrected chi connectivity index (χ4v) is 14.8. The van der Waals surface area contributed by atoms with Crippen molar-refractivity contribution in [3.05, 3.63) is 93.7 Å². The Morgan fingerprint density at radius 3 is 1.39 bits per heavy atom. The van der Waals surface area contributed by atoms with Gasteiger partial charge in [-0.05, 0) is 125 Å². The highest BCUT2D eigenvalue weighted by molar-refractivity contribution is 7.91. The molecule has 400 valence electrons. The number of sulfonamides is 2. The van der Waals surface area contributed by atoms with E-state index in [0.717, 1.165) is 74.2 Å². The molecule has 14 nitrogen and oxygen atoms in total. The van der Waals surface area contributed by atoms with E-state index in [-0.39, 0.29) is 24.9 Å². The van der Waals surface area contributed by atoms with Gasteiger partial charge in [0.1, 0.15) is 19.9 Å². The molecule has 18 heteroatoms. The van der Waals surface area contributed by atoms with Crippen LogP contribution in [-0.2, 0) is 33.1 Å². The molecule has 2 aliphatic rings. The number of rotatable bonds is 28. The summed E-state index contributed by atoms with van der Waals surface area (Å²) in [5.74, 6) is 0.782. The summed E-state index contributed by atoms with van der Waals surface area (Å²) in [5.41, 5.74) is 1.00. The predicted octanol–water partition coefficient (Wildman–Crippen LogP) is 10.4. The van der Waals surface area contributed by atoms with Crippen LogP contribution >= 0.6 is 22.7 Å². The Kier molecular flexibility index (Phi) is 26.0. The number of carbonyl (C=O) groups excluding carboxylic acids is 2. The minimum absolute atomic E-state index is 0.222. The first-order valence-electron chi connectivity index (χ1n) is 26.4. The highest BCUT2D eigenvalue weighted by Gasteiger charge is 2.30. The summed E-state index contributed by atoms with van der Waals surface area (Å²) in [5, 5.41) is 13.0. The van der Waals surface area contributed by atoms with E-state index in [4.69, 9.17) is 9.47 Å². The molecule has 2 aliphatic heterocycles. The molecule has 4 heterocycles. The minimum atomic E-state index is -3.54. The van der Waals surface area contributed by atoms with Gasteiger partial charge in [-0.3, -0.25) is 9.59 Å². The van der Waals surface area contributed by atoms with Gasteiger partial charge in [-0.2, -0.15) is 8.61 Å². The number of nitrogens with zero attached hydrogens (tertiary/aromatic N) is 2. The number of thiophene rings is 2. The monoisotopic (exact) mass is 1070 g/mol. The van der Waals surface area contributed by atoms with Crippen LogP contribution in [0.25, 0.3) is 0 Å². The van der Waals surface area contributed by atoms with Gasteiger partial charge in [0.2, 0.25) is 0 Å². The lowest BCUT2D eigenvalue weighted by atomic mass is 10.1. The summed E-state index contributed by atoms with van der Waals surface area (Å²) in [4.78, 5) is 26.5. The molecular formula is C54H82N6O8S4. The van der Waals surface area contributed by atoms with Crippen LogP contribution in [-0.4, -0.2) is 103 Å². The van der Waals surface area contributed by atoms with Gasteiger partial charge in [-0.15, -0.1) is 22.7 Å². The first-order chi connectivity index (χ1) is 34.9. The largest absolute Gasteiger partial charge is 0.497 e. The van der Waals surface area contributed by atoms with Crippen molar-refractivity contribution in [2.75, 3.05) is 53.5 Å². The van der Waals surface area contributed by atoms with E-state index in [1.54, 1.807) is 95.6 Å². The fourth-order valence-electron chi connectivity index (χ4n) is 8.94. The molecule has 4 aromatic rings. The summed E-state index contributed by atoms with van der Waals surface area (Å²) >= 11 is 2.45. The number of carbonyl (C=O) groups is 2. The number of unbranched alkanes of at least 4 members (excludes halogenated alkanes) is 10. The molecule has 2 aromatic carbocycles. The minimum Gasteiger partial charge on any atom is -0.497 e. The topological polar surface area (TPSA) is 175 Å². The second-order valence-electron chi connectivity index (χ2n) is 18.8. The highest BCUT2D eigenvalue weighted by Crippen LogP contribution is 2.29. The van der Waals surface area contributed by atoms with E-state index in [1.165, 1.54) is 86.9 Å². The first-order valence-corrected chi connectivity index (χ1v) is 30.9. The van der Waals surface area contributed by atoms with Crippen molar-refractivity contribution >= 4 is 54.5 Å². The molecule has 0 spiro atoms. The van der Waals surface area contributed by atoms with Crippen LogP contribution in [0.5, 0.6) is 11.5 Å². The van der Waals surface area contributed by atoms with E-state index in [2.05, 4.69) is 35.1 Å². The summed E-state index contributed by atoms with van der Waals surface area (Å²) in [6.07, 6.45) is 21.1. The standard InChI is InChI=1S/C31H49N3O4S2.C23H33N3O4S2/c1-3-4-5-6-7-8-9-10-11-12-21-32-27-16-14-22-34(23-20-27)40(36,37)30-19-18-29(39-30)25-33-31(35)26-15-13-17-28(24-26)38-2;1-3-4-13-24-19-8-6-14-26(15-12-19)32(28,29)22-11-10-21(31-22)17-25-23(27)18-7-5-9-20(16-18)30-2/h13,15,17-19,24,27,32H,3-12,14,16,20-23,25H2,1-2H3,(H,33,35);5,7,9-11,16,19,24H,3-4,6,8,12-15,17H2,1-2H3,(H,25,27). The van der Waals surface area contributed by atoms with Gasteiger partial charge in [0.05, 0.1) is 27.3 Å². The Labute approximate surface area is 439 Å². The van der Waals surface area contributed by atoms with Gasteiger partial charge in [-0.25, -0.2) is 16.8 Å². The molecule has 2 atom stereocenters. The average molecular weight is 1070 g/mol. The van der Waals surface area contributed by atoms with Crippen molar-refractivity contribution in [3.8, 4) is 11.5 Å². The third-order valence-corrected chi connectivity index (χ3v) is 20.2. The molecule has 2 amide bonds. The number of benzene rings is 2. The molecule has 2 saturated heterocycles. The SMILES string of the molecule is CCCCCCCCCCCCNC1CCCN(S(=O)(=O)c2ccc(CNC(=O)c3cccc(OC)c3)s2)CC1.CCCCNC1CCCN(S(=O)(=O)c2ccc(CNC(=O)c3cccc(OC)c3)s2)CC1. The van der Waals surface area contributed by atoms with Crippen LogP contribution in [0.3, 0.4) is 0 Å². The Morgan fingerprint density at radius 2 is 0.958 bits per heavy atom. The zero-order valence-electron chi connectivity index (χ0n) is 43.3. The number of ether oxygens (including phenoxy) is 2. The van der Waals surface area contributed by atoms with Crippen molar-refractivity contribution in [3.63, 3.8) is 0 Å². The molecule has 6 rings (SSSR count). The lowest BCUT2D eigenvalue weighted by Crippen LogP contribution is -2.34. The normalized spacial score (nSPS) is 17.0. The fraction of sp³-hybridized carbons (Fsp3) is 0.593. The number of hydrogen-bond acceptors (Lipinski definition) is 12. The molecule has 2 fully saturated rings. The lowest BCUT2D eigenvalue weighted by molar-refractivity contribution is 0.0943. The maximum absolute atomic E-state index is 13.4. The molecule has 0 aliphatic carbocycles. The summed E-state index contributed by atoms with van der Waals surface area (Å²) < 4.78 is 67.3. The van der Waals surface area contributed by atoms with E-state index in [9.17, 15) is 26.4 Å². The predicted molar refractivity (Wildman–Crippen MR) is 293 cm³/mol. The van der Waals surface area contributed by atoms with Crippen LogP contribution in [0.15, 0.2) is 81.2 Å². The molecule has 72 heavy (non-hydrogen) atoms. The van der Waals surface area contributed by atoms with E-state index < -0.39 is 20.0 Å². The van der Waals surface area contributed by atoms with Gasteiger partial charge in [0.15, 0.2) is 0 Å². The molecule has 0 radical (unpaired) electrons. The van der Waals surface area contributed by atoms with Crippen LogP contribution < -0.4 is 30.7 Å². The Hall–Kier alpha value is -3.88. The molecule has 2 unspecified atom stereocenters. The Bertz CT molecular complexity index is 2450. The first kappa shape index (κ1) is 59.0. The second-order valence-corrected chi connectivity index (χ2v) is 25.4. The molecule has 4 N–H and O–H groups in total. The van der Waals surface area contributed by atoms with Crippen LogP contribution in [0.4, 0.5) is 0 Å². The highest BCUT2D eigenvalue weighted by atomic mass is 32.3. The Morgan fingerprint density at radius 1 is 0.542 bits per heavy atom. The molecule has 0 saturated carbocycles. The smallest absolute Gasteiger partial charge is 0.252 e.